The van der Waals surface area contributed by atoms with Crippen LogP contribution >= 0.6 is 34.2 Å². The predicted molar refractivity (Wildman–Crippen MR) is 72.3 cm³/mol. The smallest absolute Gasteiger partial charge is 0.231 e. The maximum atomic E-state index is 11.8. The molecule has 0 saturated carbocycles. The Morgan fingerprint density at radius 3 is 2.60 bits per heavy atom. The van der Waals surface area contributed by atoms with E-state index in [0.717, 1.165) is 9.26 Å². The number of halogens is 2. The molecule has 15 heavy (non-hydrogen) atoms. The lowest BCUT2D eigenvalue weighted by Gasteiger charge is -2.20. The average Bonchev–Trinajstić information content (AvgIpc) is 2.21. The third-order valence-electron chi connectivity index (χ3n) is 2.07. The van der Waals surface area contributed by atoms with Crippen molar-refractivity contribution in [2.75, 3.05) is 11.2 Å². The molecule has 0 heterocycles. The van der Waals surface area contributed by atoms with E-state index in [9.17, 15) is 4.79 Å². The molecule has 0 spiro atoms. The van der Waals surface area contributed by atoms with E-state index in [1.54, 1.807) is 0 Å². The van der Waals surface area contributed by atoms with Crippen LogP contribution in [0.4, 0.5) is 5.69 Å². The normalized spacial score (nSPS) is 11.2. The molecule has 0 aliphatic rings. The van der Waals surface area contributed by atoms with Crippen LogP contribution in [0.3, 0.4) is 0 Å². The number of hydrogen-bond donors (Lipinski definition) is 1. The number of benzene rings is 1. The fourth-order valence-electron chi connectivity index (χ4n) is 0.915. The Labute approximate surface area is 109 Å². The lowest BCUT2D eigenvalue weighted by atomic mass is 9.95. The topological polar surface area (TPSA) is 29.1 Å². The summed E-state index contributed by atoms with van der Waals surface area (Å²) in [6, 6.07) is 7.66. The Hall–Kier alpha value is -0.290. The van der Waals surface area contributed by atoms with Crippen LogP contribution in [-0.2, 0) is 4.79 Å². The van der Waals surface area contributed by atoms with E-state index in [0.29, 0.717) is 5.88 Å². The minimum Gasteiger partial charge on any atom is -0.325 e. The molecule has 2 nitrogen and oxygen atoms in total. The largest absolute Gasteiger partial charge is 0.325 e. The zero-order chi connectivity index (χ0) is 11.5. The van der Waals surface area contributed by atoms with Crippen LogP contribution in [0.25, 0.3) is 0 Å². The Morgan fingerprint density at radius 1 is 1.47 bits per heavy atom. The lowest BCUT2D eigenvalue weighted by Crippen LogP contribution is -2.32. The molecule has 0 bridgehead atoms. The van der Waals surface area contributed by atoms with Gasteiger partial charge in [0, 0.05) is 9.45 Å². The Bertz CT molecular complexity index is 365. The third kappa shape index (κ3) is 3.34. The predicted octanol–water partition coefficient (Wildman–Crippen LogP) is 3.49. The van der Waals surface area contributed by atoms with Crippen molar-refractivity contribution in [1.29, 1.82) is 0 Å². The van der Waals surface area contributed by atoms with Gasteiger partial charge in [0.1, 0.15) is 0 Å². The van der Waals surface area contributed by atoms with Gasteiger partial charge >= 0.3 is 0 Å². The fourth-order valence-corrected chi connectivity index (χ4v) is 1.56. The Morgan fingerprint density at radius 2 is 2.07 bits per heavy atom. The number of hydrogen-bond acceptors (Lipinski definition) is 1. The summed E-state index contributed by atoms with van der Waals surface area (Å²) in [6.07, 6.45) is 0. The van der Waals surface area contributed by atoms with Gasteiger partial charge in [-0.2, -0.15) is 0 Å². The molecular formula is C11H13ClINO. The van der Waals surface area contributed by atoms with Crippen molar-refractivity contribution in [3.8, 4) is 0 Å². The van der Waals surface area contributed by atoms with Crippen molar-refractivity contribution in [3.05, 3.63) is 27.8 Å². The molecule has 0 fully saturated rings. The zero-order valence-corrected chi connectivity index (χ0v) is 11.6. The standard InChI is InChI=1S/C11H13ClINO/c1-11(2,7-12)10(15)14-9-6-4-3-5-8(9)13/h3-6H,7H2,1-2H3,(H,14,15). The van der Waals surface area contributed by atoms with Gasteiger partial charge < -0.3 is 5.32 Å². The van der Waals surface area contributed by atoms with Crippen molar-refractivity contribution in [3.63, 3.8) is 0 Å². The minimum absolute atomic E-state index is 0.0541. The maximum Gasteiger partial charge on any atom is 0.231 e. The van der Waals surface area contributed by atoms with Gasteiger partial charge in [0.2, 0.25) is 5.91 Å². The van der Waals surface area contributed by atoms with Crippen molar-refractivity contribution < 1.29 is 4.79 Å². The van der Waals surface area contributed by atoms with Gasteiger partial charge in [-0.15, -0.1) is 11.6 Å². The third-order valence-corrected chi connectivity index (χ3v) is 3.68. The summed E-state index contributed by atoms with van der Waals surface area (Å²) >= 11 is 7.92. The SMILES string of the molecule is CC(C)(CCl)C(=O)Nc1ccccc1I. The van der Waals surface area contributed by atoms with Crippen LogP contribution in [0.1, 0.15) is 13.8 Å². The molecule has 82 valence electrons. The maximum absolute atomic E-state index is 11.8. The molecule has 1 N–H and O–H groups in total. The van der Waals surface area contributed by atoms with E-state index in [-0.39, 0.29) is 5.91 Å². The number of carbonyl (C=O) groups excluding carboxylic acids is 1. The van der Waals surface area contributed by atoms with Crippen molar-refractivity contribution in [1.82, 2.24) is 0 Å². The summed E-state index contributed by atoms with van der Waals surface area (Å²) in [5.74, 6) is 0.254. The summed E-state index contributed by atoms with van der Waals surface area (Å²) in [4.78, 5) is 11.8. The summed E-state index contributed by atoms with van der Waals surface area (Å²) in [5, 5.41) is 2.87. The number of anilines is 1. The number of rotatable bonds is 3. The lowest BCUT2D eigenvalue weighted by molar-refractivity contribution is -0.122. The van der Waals surface area contributed by atoms with Crippen molar-refractivity contribution in [2.45, 2.75) is 13.8 Å². The van der Waals surface area contributed by atoms with Gasteiger partial charge in [0.15, 0.2) is 0 Å². The first-order valence-electron chi connectivity index (χ1n) is 4.59. The highest BCUT2D eigenvalue weighted by molar-refractivity contribution is 14.1. The van der Waals surface area contributed by atoms with E-state index >= 15 is 0 Å². The number of nitrogens with one attached hydrogen (secondary N) is 1. The van der Waals surface area contributed by atoms with E-state index < -0.39 is 5.41 Å². The van der Waals surface area contributed by atoms with E-state index in [2.05, 4.69) is 27.9 Å². The van der Waals surface area contributed by atoms with E-state index in [1.165, 1.54) is 0 Å². The number of amides is 1. The first-order valence-corrected chi connectivity index (χ1v) is 6.20. The zero-order valence-electron chi connectivity index (χ0n) is 8.68. The highest BCUT2D eigenvalue weighted by Gasteiger charge is 2.26. The Balaban J connectivity index is 2.80. The molecule has 0 unspecified atom stereocenters. The molecule has 0 aliphatic carbocycles. The van der Waals surface area contributed by atoms with Crippen LogP contribution in [0.15, 0.2) is 24.3 Å². The average molecular weight is 338 g/mol. The molecule has 0 atom stereocenters. The fraction of sp³-hybridized carbons (Fsp3) is 0.364. The van der Waals surface area contributed by atoms with Gasteiger partial charge in [0.05, 0.1) is 11.1 Å². The molecule has 0 aliphatic heterocycles. The van der Waals surface area contributed by atoms with Gasteiger partial charge in [-0.1, -0.05) is 12.1 Å². The van der Waals surface area contributed by atoms with Gasteiger partial charge in [-0.25, -0.2) is 0 Å². The molecule has 0 aromatic heterocycles. The van der Waals surface area contributed by atoms with E-state index in [1.807, 2.05) is 38.1 Å². The van der Waals surface area contributed by atoms with Crippen molar-refractivity contribution in [2.24, 2.45) is 5.41 Å². The molecule has 1 rings (SSSR count). The second-order valence-corrected chi connectivity index (χ2v) is 5.38. The summed E-state index contributed by atoms with van der Waals surface area (Å²) in [7, 11) is 0. The first-order chi connectivity index (χ1) is 6.97. The second kappa shape index (κ2) is 5.16. The molecule has 0 saturated heterocycles. The minimum atomic E-state index is -0.541. The number of carbonyl (C=O) groups is 1. The molecule has 4 heteroatoms. The quantitative estimate of drug-likeness (QED) is 0.664. The number of alkyl halides is 1. The van der Waals surface area contributed by atoms with Gasteiger partial charge in [-0.05, 0) is 48.6 Å². The Kier molecular flexibility index (Phi) is 4.40. The van der Waals surface area contributed by atoms with Crippen LogP contribution in [-0.4, -0.2) is 11.8 Å². The monoisotopic (exact) mass is 337 g/mol. The highest BCUT2D eigenvalue weighted by atomic mass is 127. The summed E-state index contributed by atoms with van der Waals surface area (Å²) in [6.45, 7) is 3.65. The number of para-hydroxylation sites is 1. The van der Waals surface area contributed by atoms with Gasteiger partial charge in [0.25, 0.3) is 0 Å². The molecule has 1 aromatic carbocycles. The van der Waals surface area contributed by atoms with Crippen LogP contribution < -0.4 is 5.32 Å². The molecular weight excluding hydrogens is 324 g/mol. The van der Waals surface area contributed by atoms with Crippen molar-refractivity contribution >= 4 is 45.8 Å². The molecule has 1 amide bonds. The molecule has 0 radical (unpaired) electrons. The summed E-state index contributed by atoms with van der Waals surface area (Å²) < 4.78 is 1.02. The highest BCUT2D eigenvalue weighted by Crippen LogP contribution is 2.22. The van der Waals surface area contributed by atoms with Gasteiger partial charge in [-0.3, -0.25) is 4.79 Å². The van der Waals surface area contributed by atoms with Crippen LogP contribution in [0.5, 0.6) is 0 Å². The van der Waals surface area contributed by atoms with E-state index in [4.69, 9.17) is 11.6 Å². The first kappa shape index (κ1) is 12.8. The second-order valence-electron chi connectivity index (χ2n) is 3.95. The van der Waals surface area contributed by atoms with Crippen LogP contribution in [0.2, 0.25) is 0 Å². The molecule has 1 aromatic rings. The summed E-state index contributed by atoms with van der Waals surface area (Å²) in [5.41, 5.74) is 0.293. The van der Waals surface area contributed by atoms with Crippen LogP contribution in [0, 0.1) is 8.99 Å².